The lowest BCUT2D eigenvalue weighted by atomic mass is 10.2. The number of para-hydroxylation sites is 1. The normalized spacial score (nSPS) is 27.3. The summed E-state index contributed by atoms with van der Waals surface area (Å²) in [5.74, 6) is 0.626. The first kappa shape index (κ1) is 11.5. The molecule has 96 valence electrons. The van der Waals surface area contributed by atoms with E-state index in [9.17, 15) is 4.79 Å². The van der Waals surface area contributed by atoms with Crippen LogP contribution in [0.5, 0.6) is 5.75 Å². The van der Waals surface area contributed by atoms with Gasteiger partial charge in [0.2, 0.25) is 0 Å². The Morgan fingerprint density at radius 1 is 1.17 bits per heavy atom. The molecule has 1 aromatic carbocycles. The molecule has 0 N–H and O–H groups in total. The van der Waals surface area contributed by atoms with Crippen LogP contribution in [0.4, 0.5) is 4.79 Å². The molecule has 2 saturated heterocycles. The Morgan fingerprint density at radius 2 is 1.78 bits per heavy atom. The molecular weight excluding hydrogens is 228 g/mol. The van der Waals surface area contributed by atoms with Crippen LogP contribution in [0.1, 0.15) is 12.8 Å². The zero-order valence-electron chi connectivity index (χ0n) is 10.6. The first-order chi connectivity index (χ1) is 8.74. The topological polar surface area (TPSA) is 32.8 Å². The minimum Gasteiger partial charge on any atom is -0.410 e. The van der Waals surface area contributed by atoms with Crippen molar-refractivity contribution >= 4 is 6.09 Å². The van der Waals surface area contributed by atoms with E-state index in [0.29, 0.717) is 17.8 Å². The van der Waals surface area contributed by atoms with Crippen LogP contribution in [0.25, 0.3) is 0 Å². The Labute approximate surface area is 107 Å². The molecule has 2 atom stereocenters. The van der Waals surface area contributed by atoms with Crippen LogP contribution in [-0.2, 0) is 0 Å². The highest BCUT2D eigenvalue weighted by Gasteiger charge is 2.42. The Hall–Kier alpha value is -1.55. The summed E-state index contributed by atoms with van der Waals surface area (Å²) >= 11 is 0. The molecule has 2 unspecified atom stereocenters. The van der Waals surface area contributed by atoms with Gasteiger partial charge < -0.3 is 9.64 Å². The average Bonchev–Trinajstić information content (AvgIpc) is 2.63. The maximum atomic E-state index is 12.2. The lowest BCUT2D eigenvalue weighted by Gasteiger charge is -2.38. The molecule has 2 fully saturated rings. The fraction of sp³-hybridized carbons (Fsp3) is 0.500. The summed E-state index contributed by atoms with van der Waals surface area (Å²) < 4.78 is 5.44. The van der Waals surface area contributed by atoms with Gasteiger partial charge in [-0.05, 0) is 32.0 Å². The van der Waals surface area contributed by atoms with Gasteiger partial charge in [0.15, 0.2) is 0 Å². The maximum absolute atomic E-state index is 12.2. The van der Waals surface area contributed by atoms with Crippen LogP contribution in [0, 0.1) is 0 Å². The van der Waals surface area contributed by atoms with Crippen molar-refractivity contribution in [1.82, 2.24) is 9.80 Å². The van der Waals surface area contributed by atoms with Crippen molar-refractivity contribution in [3.05, 3.63) is 30.3 Å². The van der Waals surface area contributed by atoms with Gasteiger partial charge in [-0.25, -0.2) is 4.79 Å². The third kappa shape index (κ3) is 2.08. The molecule has 0 aromatic heterocycles. The number of ether oxygens (including phenoxy) is 1. The third-order valence-electron chi connectivity index (χ3n) is 3.82. The molecule has 1 amide bonds. The molecule has 18 heavy (non-hydrogen) atoms. The van der Waals surface area contributed by atoms with E-state index >= 15 is 0 Å². The first-order valence-corrected chi connectivity index (χ1v) is 6.48. The largest absolute Gasteiger partial charge is 0.415 e. The minimum absolute atomic E-state index is 0.193. The van der Waals surface area contributed by atoms with Gasteiger partial charge in [0.1, 0.15) is 5.75 Å². The minimum atomic E-state index is -0.193. The number of hydrogen-bond donors (Lipinski definition) is 0. The molecule has 3 rings (SSSR count). The van der Waals surface area contributed by atoms with Crippen LogP contribution in [0.2, 0.25) is 0 Å². The van der Waals surface area contributed by atoms with Gasteiger partial charge in [0.05, 0.1) is 0 Å². The number of carbonyl (C=O) groups excluding carboxylic acids is 1. The van der Waals surface area contributed by atoms with E-state index in [1.54, 1.807) is 0 Å². The van der Waals surface area contributed by atoms with E-state index in [1.165, 1.54) is 0 Å². The predicted molar refractivity (Wildman–Crippen MR) is 68.6 cm³/mol. The van der Waals surface area contributed by atoms with E-state index < -0.39 is 0 Å². The number of fused-ring (bicyclic) bond motifs is 2. The molecular formula is C14H18N2O2. The van der Waals surface area contributed by atoms with Crippen LogP contribution >= 0.6 is 0 Å². The molecule has 4 heteroatoms. The lowest BCUT2D eigenvalue weighted by molar-refractivity contribution is 0.0774. The highest BCUT2D eigenvalue weighted by molar-refractivity contribution is 5.72. The van der Waals surface area contributed by atoms with E-state index in [-0.39, 0.29) is 6.09 Å². The quantitative estimate of drug-likeness (QED) is 0.759. The van der Waals surface area contributed by atoms with Gasteiger partial charge >= 0.3 is 6.09 Å². The van der Waals surface area contributed by atoms with Crippen molar-refractivity contribution in [3.63, 3.8) is 0 Å². The fourth-order valence-corrected chi connectivity index (χ4v) is 3.05. The summed E-state index contributed by atoms with van der Waals surface area (Å²) in [6.45, 7) is 1.92. The summed E-state index contributed by atoms with van der Waals surface area (Å²) in [4.78, 5) is 16.5. The molecule has 2 aliphatic heterocycles. The molecule has 0 saturated carbocycles. The molecule has 2 heterocycles. The Bertz CT molecular complexity index is 421. The summed E-state index contributed by atoms with van der Waals surface area (Å²) in [6.07, 6.45) is 2.00. The molecule has 1 aromatic rings. The number of likely N-dealkylation sites (tertiary alicyclic amines) is 1. The van der Waals surface area contributed by atoms with E-state index in [1.807, 2.05) is 35.2 Å². The Morgan fingerprint density at radius 3 is 2.39 bits per heavy atom. The SMILES string of the molecule is CN1CC2CCC(C1)N2C(=O)Oc1ccccc1. The van der Waals surface area contributed by atoms with Gasteiger partial charge in [-0.1, -0.05) is 18.2 Å². The zero-order valence-corrected chi connectivity index (χ0v) is 10.6. The summed E-state index contributed by atoms with van der Waals surface area (Å²) in [7, 11) is 2.12. The van der Waals surface area contributed by atoms with Gasteiger partial charge in [0, 0.05) is 25.2 Å². The summed E-state index contributed by atoms with van der Waals surface area (Å²) in [6, 6.07) is 9.94. The van der Waals surface area contributed by atoms with Crippen LogP contribution in [0.15, 0.2) is 30.3 Å². The smallest absolute Gasteiger partial charge is 0.410 e. The van der Waals surface area contributed by atoms with E-state index in [0.717, 1.165) is 25.9 Å². The van der Waals surface area contributed by atoms with Gasteiger partial charge in [-0.3, -0.25) is 4.90 Å². The molecule has 0 radical (unpaired) electrons. The van der Waals surface area contributed by atoms with Gasteiger partial charge in [-0.2, -0.15) is 0 Å². The van der Waals surface area contributed by atoms with Crippen LogP contribution < -0.4 is 4.74 Å². The van der Waals surface area contributed by atoms with E-state index in [4.69, 9.17) is 4.74 Å². The Balaban J connectivity index is 1.70. The molecule has 2 aliphatic rings. The second-order valence-electron chi connectivity index (χ2n) is 5.19. The number of likely N-dealkylation sites (N-methyl/N-ethyl adjacent to an activating group) is 1. The summed E-state index contributed by atoms with van der Waals surface area (Å²) in [5, 5.41) is 0. The number of hydrogen-bond acceptors (Lipinski definition) is 3. The van der Waals surface area contributed by atoms with Crippen molar-refractivity contribution in [2.24, 2.45) is 0 Å². The highest BCUT2D eigenvalue weighted by atomic mass is 16.6. The van der Waals surface area contributed by atoms with E-state index in [2.05, 4.69) is 11.9 Å². The fourth-order valence-electron chi connectivity index (χ4n) is 3.05. The molecule has 4 nitrogen and oxygen atoms in total. The van der Waals surface area contributed by atoms with Gasteiger partial charge in [-0.15, -0.1) is 0 Å². The molecule has 0 spiro atoms. The van der Waals surface area contributed by atoms with Crippen molar-refractivity contribution in [3.8, 4) is 5.75 Å². The van der Waals surface area contributed by atoms with Crippen molar-refractivity contribution in [2.75, 3.05) is 20.1 Å². The predicted octanol–water partition coefficient (Wildman–Crippen LogP) is 1.96. The maximum Gasteiger partial charge on any atom is 0.415 e. The van der Waals surface area contributed by atoms with Crippen molar-refractivity contribution in [1.29, 1.82) is 0 Å². The van der Waals surface area contributed by atoms with Crippen molar-refractivity contribution < 1.29 is 9.53 Å². The standard InChI is InChI=1S/C14H18N2O2/c1-15-9-11-7-8-12(10-15)16(11)14(17)18-13-5-3-2-4-6-13/h2-6,11-12H,7-10H2,1H3. The summed E-state index contributed by atoms with van der Waals surface area (Å²) in [5.41, 5.74) is 0. The monoisotopic (exact) mass is 246 g/mol. The van der Waals surface area contributed by atoms with Gasteiger partial charge in [0.25, 0.3) is 0 Å². The number of piperazine rings is 1. The second-order valence-corrected chi connectivity index (χ2v) is 5.19. The Kier molecular flexibility index (Phi) is 2.96. The number of rotatable bonds is 1. The number of nitrogens with zero attached hydrogens (tertiary/aromatic N) is 2. The lowest BCUT2D eigenvalue weighted by Crippen LogP contribution is -2.55. The highest BCUT2D eigenvalue weighted by Crippen LogP contribution is 2.30. The molecule has 2 bridgehead atoms. The first-order valence-electron chi connectivity index (χ1n) is 6.48. The average molecular weight is 246 g/mol. The van der Waals surface area contributed by atoms with Crippen LogP contribution in [0.3, 0.4) is 0 Å². The third-order valence-corrected chi connectivity index (χ3v) is 3.82. The number of benzene rings is 1. The zero-order chi connectivity index (χ0) is 12.5. The van der Waals surface area contributed by atoms with Crippen LogP contribution in [-0.4, -0.2) is 48.1 Å². The number of amides is 1. The second kappa shape index (κ2) is 4.61. The number of carbonyl (C=O) groups is 1. The molecule has 0 aliphatic carbocycles. The van der Waals surface area contributed by atoms with Crippen molar-refractivity contribution in [2.45, 2.75) is 24.9 Å².